The Kier molecular flexibility index (Phi) is 4.74. The van der Waals surface area contributed by atoms with Crippen LogP contribution in [0.25, 0.3) is 0 Å². The Labute approximate surface area is 107 Å². The fraction of sp³-hybridized carbons (Fsp3) is 0.500. The van der Waals surface area contributed by atoms with Gasteiger partial charge < -0.3 is 10.4 Å². The average molecular weight is 273 g/mol. The topological polar surface area (TPSA) is 105 Å². The highest BCUT2D eigenvalue weighted by atomic mass is 32.2. The van der Waals surface area contributed by atoms with Gasteiger partial charge in [0.1, 0.15) is 16.9 Å². The Morgan fingerprint density at radius 2 is 2.17 bits per heavy atom. The number of nitrogens with zero attached hydrogens (tertiary/aromatic N) is 2. The maximum absolute atomic E-state index is 11.1. The highest BCUT2D eigenvalue weighted by molar-refractivity contribution is 7.84. The second-order valence-electron chi connectivity index (χ2n) is 3.88. The maximum Gasteiger partial charge on any atom is 0.290 e. The second-order valence-corrected chi connectivity index (χ2v) is 5.36. The van der Waals surface area contributed by atoms with Gasteiger partial charge in [0.2, 0.25) is 0 Å². The van der Waals surface area contributed by atoms with Crippen molar-refractivity contribution < 1.29 is 14.2 Å². The molecule has 0 aliphatic carbocycles. The van der Waals surface area contributed by atoms with E-state index in [4.69, 9.17) is 0 Å². The summed E-state index contributed by atoms with van der Waals surface area (Å²) in [7, 11) is -1.37. The summed E-state index contributed by atoms with van der Waals surface area (Å²) >= 11 is 0. The highest BCUT2D eigenvalue weighted by Gasteiger charge is 2.19. The summed E-state index contributed by atoms with van der Waals surface area (Å²) in [4.78, 5) is 14.1. The van der Waals surface area contributed by atoms with Crippen molar-refractivity contribution in [2.24, 2.45) is 0 Å². The zero-order valence-corrected chi connectivity index (χ0v) is 11.1. The quantitative estimate of drug-likeness (QED) is 0.607. The van der Waals surface area contributed by atoms with Gasteiger partial charge in [-0.2, -0.15) is 0 Å². The Balaban J connectivity index is 2.84. The number of rotatable bonds is 5. The minimum Gasteiger partial charge on any atom is -0.378 e. The third kappa shape index (κ3) is 3.47. The summed E-state index contributed by atoms with van der Waals surface area (Å²) < 4.78 is 11.1. The number of anilines is 1. The van der Waals surface area contributed by atoms with Crippen molar-refractivity contribution in [1.82, 2.24) is 4.98 Å². The summed E-state index contributed by atoms with van der Waals surface area (Å²) in [5.74, 6) is 0.398. The van der Waals surface area contributed by atoms with E-state index in [1.165, 1.54) is 25.3 Å². The van der Waals surface area contributed by atoms with Crippen LogP contribution in [0.4, 0.5) is 11.5 Å². The minimum atomic E-state index is -1.37. The lowest BCUT2D eigenvalue weighted by atomic mass is 10.3. The summed E-state index contributed by atoms with van der Waals surface area (Å²) in [6.45, 7) is 3.19. The van der Waals surface area contributed by atoms with Crippen molar-refractivity contribution in [3.63, 3.8) is 0 Å². The van der Waals surface area contributed by atoms with Gasteiger partial charge in [0.15, 0.2) is 0 Å². The number of pyridine rings is 1. The molecule has 0 spiro atoms. The van der Waals surface area contributed by atoms with E-state index >= 15 is 0 Å². The highest BCUT2D eigenvalue weighted by Crippen LogP contribution is 2.18. The molecule has 18 heavy (non-hydrogen) atoms. The van der Waals surface area contributed by atoms with Gasteiger partial charge in [0.25, 0.3) is 5.69 Å². The molecule has 1 aromatic heterocycles. The molecule has 0 fully saturated rings. The number of aliphatic hydroxyl groups excluding tert-OH is 1. The van der Waals surface area contributed by atoms with E-state index in [1.54, 1.807) is 6.92 Å². The average Bonchev–Trinajstić information content (AvgIpc) is 2.27. The van der Waals surface area contributed by atoms with Crippen LogP contribution in [0.15, 0.2) is 12.1 Å². The summed E-state index contributed by atoms with van der Waals surface area (Å²) in [6.07, 6.45) is 1.40. The largest absolute Gasteiger partial charge is 0.378 e. The normalized spacial score (nSPS) is 15.8. The van der Waals surface area contributed by atoms with Crippen molar-refractivity contribution in [2.45, 2.75) is 25.3 Å². The molecule has 8 heteroatoms. The Morgan fingerprint density at radius 3 is 2.61 bits per heavy atom. The van der Waals surface area contributed by atoms with Crippen LogP contribution < -0.4 is 5.32 Å². The molecule has 7 nitrogen and oxygen atoms in total. The molecule has 2 N–H and O–H groups in total. The zero-order valence-electron chi connectivity index (χ0n) is 10.3. The van der Waals surface area contributed by atoms with Gasteiger partial charge in [-0.25, -0.2) is 4.98 Å². The van der Waals surface area contributed by atoms with E-state index in [1.807, 2.05) is 0 Å². The molecule has 0 amide bonds. The first kappa shape index (κ1) is 14.5. The number of nitrogens with one attached hydrogen (secondary N) is 1. The van der Waals surface area contributed by atoms with E-state index < -0.39 is 27.2 Å². The molecule has 1 rings (SSSR count). The predicted molar refractivity (Wildman–Crippen MR) is 68.8 cm³/mol. The van der Waals surface area contributed by atoms with Crippen molar-refractivity contribution in [3.8, 4) is 0 Å². The smallest absolute Gasteiger partial charge is 0.290 e. The first-order chi connectivity index (χ1) is 8.32. The number of aromatic nitrogens is 1. The molecule has 0 aromatic carbocycles. The van der Waals surface area contributed by atoms with Crippen LogP contribution >= 0.6 is 0 Å². The molecular formula is C10H15N3O4S. The van der Waals surface area contributed by atoms with E-state index in [9.17, 15) is 19.4 Å². The Morgan fingerprint density at radius 1 is 1.56 bits per heavy atom. The Hall–Kier alpha value is -1.54. The molecule has 1 heterocycles. The monoisotopic (exact) mass is 273 g/mol. The van der Waals surface area contributed by atoms with Crippen molar-refractivity contribution in [1.29, 1.82) is 0 Å². The van der Waals surface area contributed by atoms with Crippen LogP contribution in [0.3, 0.4) is 0 Å². The number of hydrogen-bond acceptors (Lipinski definition) is 6. The van der Waals surface area contributed by atoms with Gasteiger partial charge in [-0.1, -0.05) is 0 Å². The van der Waals surface area contributed by atoms with Crippen LogP contribution in [0.5, 0.6) is 0 Å². The summed E-state index contributed by atoms with van der Waals surface area (Å²) in [6, 6.07) is 2.32. The van der Waals surface area contributed by atoms with Gasteiger partial charge in [-0.3, -0.25) is 14.3 Å². The fourth-order valence-electron chi connectivity index (χ4n) is 1.42. The van der Waals surface area contributed by atoms with E-state index in [0.29, 0.717) is 5.82 Å². The van der Waals surface area contributed by atoms with E-state index in [-0.39, 0.29) is 11.4 Å². The van der Waals surface area contributed by atoms with Crippen LogP contribution in [-0.2, 0) is 10.8 Å². The third-order valence-corrected chi connectivity index (χ3v) is 3.49. The minimum absolute atomic E-state index is 0.0622. The van der Waals surface area contributed by atoms with Crippen molar-refractivity contribution >= 4 is 22.3 Å². The van der Waals surface area contributed by atoms with E-state index in [0.717, 1.165) is 0 Å². The lowest BCUT2D eigenvalue weighted by Gasteiger charge is -2.18. The van der Waals surface area contributed by atoms with Crippen LogP contribution in [0.1, 0.15) is 12.6 Å². The first-order valence-electron chi connectivity index (χ1n) is 5.21. The number of nitro groups is 1. The number of hydrogen-bond donors (Lipinski definition) is 2. The zero-order chi connectivity index (χ0) is 13.9. The SMILES string of the molecule is Cc1nc(NC(C)C(O)[S@@](C)=O)ccc1[N+](=O)[O-]. The third-order valence-electron chi connectivity index (χ3n) is 2.40. The van der Waals surface area contributed by atoms with Gasteiger partial charge >= 0.3 is 0 Å². The lowest BCUT2D eigenvalue weighted by molar-refractivity contribution is -0.385. The van der Waals surface area contributed by atoms with Crippen LogP contribution in [0.2, 0.25) is 0 Å². The molecule has 0 aliphatic heterocycles. The Bertz CT molecular complexity index is 480. The van der Waals surface area contributed by atoms with Gasteiger partial charge in [0, 0.05) is 23.1 Å². The molecule has 0 saturated heterocycles. The molecule has 100 valence electrons. The molecular weight excluding hydrogens is 258 g/mol. The van der Waals surface area contributed by atoms with Crippen molar-refractivity contribution in [2.75, 3.05) is 11.6 Å². The molecule has 0 radical (unpaired) electrons. The first-order valence-corrected chi connectivity index (χ1v) is 6.84. The van der Waals surface area contributed by atoms with E-state index in [2.05, 4.69) is 10.3 Å². The predicted octanol–water partition coefficient (Wildman–Crippen LogP) is 0.796. The molecule has 1 aromatic rings. The molecule has 0 bridgehead atoms. The molecule has 0 saturated carbocycles. The fourth-order valence-corrected chi connectivity index (χ4v) is 2.06. The maximum atomic E-state index is 11.1. The molecule has 3 atom stereocenters. The lowest BCUT2D eigenvalue weighted by Crippen LogP contribution is -2.34. The summed E-state index contributed by atoms with van der Waals surface area (Å²) in [5.41, 5.74) is -0.806. The molecule has 2 unspecified atom stereocenters. The molecule has 0 aliphatic rings. The number of aliphatic hydroxyl groups is 1. The van der Waals surface area contributed by atoms with Gasteiger partial charge in [-0.15, -0.1) is 0 Å². The van der Waals surface area contributed by atoms with Crippen LogP contribution in [-0.4, -0.2) is 37.0 Å². The second kappa shape index (κ2) is 5.87. The van der Waals surface area contributed by atoms with Crippen LogP contribution in [0, 0.1) is 17.0 Å². The summed E-state index contributed by atoms with van der Waals surface area (Å²) in [5, 5.41) is 23.0. The van der Waals surface area contributed by atoms with Crippen molar-refractivity contribution in [3.05, 3.63) is 27.9 Å². The standard InChI is InChI=1S/C10H15N3O4S/c1-6-8(13(15)16)4-5-9(11-6)12-7(2)10(14)18(3)17/h4-5,7,10,14H,1-3H3,(H,11,12)/t7?,10?,18-/m1/s1. The van der Waals surface area contributed by atoms with Gasteiger partial charge in [-0.05, 0) is 19.9 Å². The number of aryl methyl sites for hydroxylation is 1. The van der Waals surface area contributed by atoms with Gasteiger partial charge in [0.05, 0.1) is 11.0 Å².